The zero-order valence-corrected chi connectivity index (χ0v) is 17.9. The number of ether oxygens (including phenoxy) is 1. The van der Waals surface area contributed by atoms with Crippen molar-refractivity contribution in [1.82, 2.24) is 0 Å². The molecule has 1 amide bonds. The molecule has 0 spiro atoms. The van der Waals surface area contributed by atoms with Crippen LogP contribution in [0.3, 0.4) is 0 Å². The second-order valence-electron chi connectivity index (χ2n) is 5.99. The number of thiocarbonyl (C=S) groups is 1. The first-order chi connectivity index (χ1) is 12.9. The van der Waals surface area contributed by atoms with Gasteiger partial charge in [0.05, 0.1) is 21.7 Å². The molecular formula is C20H17Cl2NO2S2. The Morgan fingerprint density at radius 1 is 1.26 bits per heavy atom. The lowest BCUT2D eigenvalue weighted by molar-refractivity contribution is -0.113. The van der Waals surface area contributed by atoms with E-state index in [0.717, 1.165) is 17.7 Å². The van der Waals surface area contributed by atoms with Crippen LogP contribution in [0.1, 0.15) is 25.8 Å². The van der Waals surface area contributed by atoms with Gasteiger partial charge in [-0.2, -0.15) is 0 Å². The normalized spacial score (nSPS) is 16.9. The Kier molecular flexibility index (Phi) is 6.48. The number of carbonyl (C=O) groups excluding carboxylic acids is 1. The Morgan fingerprint density at radius 2 is 2.00 bits per heavy atom. The van der Waals surface area contributed by atoms with Crippen molar-refractivity contribution in [2.45, 2.75) is 26.4 Å². The van der Waals surface area contributed by atoms with Gasteiger partial charge in [0.1, 0.15) is 5.75 Å². The van der Waals surface area contributed by atoms with Gasteiger partial charge in [-0.25, -0.2) is 0 Å². The molecule has 1 saturated heterocycles. The smallest absolute Gasteiger partial charge is 0.270 e. The number of amides is 1. The van der Waals surface area contributed by atoms with E-state index in [-0.39, 0.29) is 12.0 Å². The van der Waals surface area contributed by atoms with E-state index in [0.29, 0.717) is 25.0 Å². The molecule has 1 atom stereocenters. The standard InChI is InChI=1S/C20H17Cl2NO2S2/c1-3-12(2)25-17-7-5-4-6-13(17)10-18-19(24)23(20(26)27-18)16-9-8-14(21)11-15(16)22/h4-12H,3H2,1-2H3/b18-10-/t12-/m0/s1. The lowest BCUT2D eigenvalue weighted by Crippen LogP contribution is -2.27. The van der Waals surface area contributed by atoms with Gasteiger partial charge in [0.15, 0.2) is 4.32 Å². The number of carbonyl (C=O) groups is 1. The maximum atomic E-state index is 13.0. The summed E-state index contributed by atoms with van der Waals surface area (Å²) in [6, 6.07) is 12.6. The fourth-order valence-corrected chi connectivity index (χ4v) is 4.26. The van der Waals surface area contributed by atoms with Crippen LogP contribution < -0.4 is 9.64 Å². The minimum Gasteiger partial charge on any atom is -0.490 e. The second-order valence-corrected chi connectivity index (χ2v) is 8.51. The van der Waals surface area contributed by atoms with Gasteiger partial charge in [0.2, 0.25) is 0 Å². The number of hydrogen-bond acceptors (Lipinski definition) is 4. The molecule has 27 heavy (non-hydrogen) atoms. The van der Waals surface area contributed by atoms with Crippen LogP contribution in [-0.2, 0) is 4.79 Å². The first kappa shape index (κ1) is 20.2. The van der Waals surface area contributed by atoms with Gasteiger partial charge in [-0.1, -0.05) is 72.3 Å². The number of hydrogen-bond donors (Lipinski definition) is 0. The molecule has 0 aromatic heterocycles. The highest BCUT2D eigenvalue weighted by Crippen LogP contribution is 2.40. The van der Waals surface area contributed by atoms with E-state index in [1.54, 1.807) is 24.3 Å². The average Bonchev–Trinajstić information content (AvgIpc) is 2.90. The second kappa shape index (κ2) is 8.65. The van der Waals surface area contributed by atoms with Gasteiger partial charge >= 0.3 is 0 Å². The van der Waals surface area contributed by atoms with E-state index >= 15 is 0 Å². The van der Waals surface area contributed by atoms with Crippen molar-refractivity contribution in [2.75, 3.05) is 4.90 Å². The molecule has 7 heteroatoms. The van der Waals surface area contributed by atoms with Crippen LogP contribution in [0.5, 0.6) is 5.75 Å². The third-order valence-electron chi connectivity index (χ3n) is 4.05. The van der Waals surface area contributed by atoms with E-state index < -0.39 is 0 Å². The topological polar surface area (TPSA) is 29.5 Å². The average molecular weight is 438 g/mol. The molecule has 2 aromatic carbocycles. The molecule has 0 N–H and O–H groups in total. The molecule has 3 rings (SSSR count). The first-order valence-electron chi connectivity index (χ1n) is 8.39. The zero-order valence-electron chi connectivity index (χ0n) is 14.7. The highest BCUT2D eigenvalue weighted by atomic mass is 35.5. The molecule has 1 aliphatic rings. The van der Waals surface area contributed by atoms with E-state index in [2.05, 4.69) is 6.92 Å². The summed E-state index contributed by atoms with van der Waals surface area (Å²) in [5, 5.41) is 0.876. The number of para-hydroxylation sites is 1. The van der Waals surface area contributed by atoms with Crippen molar-refractivity contribution in [1.29, 1.82) is 0 Å². The predicted molar refractivity (Wildman–Crippen MR) is 119 cm³/mol. The number of halogens is 2. The summed E-state index contributed by atoms with van der Waals surface area (Å²) < 4.78 is 6.39. The predicted octanol–water partition coefficient (Wildman–Crippen LogP) is 6.58. The first-order valence-corrected chi connectivity index (χ1v) is 10.4. The summed E-state index contributed by atoms with van der Waals surface area (Å²) in [4.78, 5) is 14.9. The molecule has 1 heterocycles. The lowest BCUT2D eigenvalue weighted by Gasteiger charge is -2.16. The summed E-state index contributed by atoms with van der Waals surface area (Å²) in [7, 11) is 0. The summed E-state index contributed by atoms with van der Waals surface area (Å²) in [6.07, 6.45) is 2.79. The van der Waals surface area contributed by atoms with Crippen molar-refractivity contribution in [2.24, 2.45) is 0 Å². The van der Waals surface area contributed by atoms with Crippen LogP contribution in [-0.4, -0.2) is 16.3 Å². The Labute approximate surface area is 178 Å². The summed E-state index contributed by atoms with van der Waals surface area (Å²) in [6.45, 7) is 4.08. The molecule has 0 aliphatic carbocycles. The summed E-state index contributed by atoms with van der Waals surface area (Å²) in [5.74, 6) is 0.522. The van der Waals surface area contributed by atoms with Crippen molar-refractivity contribution in [3.63, 3.8) is 0 Å². The zero-order chi connectivity index (χ0) is 19.6. The fourth-order valence-electron chi connectivity index (χ4n) is 2.49. The quantitative estimate of drug-likeness (QED) is 0.390. The van der Waals surface area contributed by atoms with Gasteiger partial charge in [-0.3, -0.25) is 9.69 Å². The maximum Gasteiger partial charge on any atom is 0.270 e. The molecule has 140 valence electrons. The van der Waals surface area contributed by atoms with Crippen LogP contribution in [0.2, 0.25) is 10.0 Å². The molecule has 0 bridgehead atoms. The summed E-state index contributed by atoms with van der Waals surface area (Å²) in [5.41, 5.74) is 1.36. The Hall–Kier alpha value is -1.53. The van der Waals surface area contributed by atoms with Crippen LogP contribution in [0, 0.1) is 0 Å². The minimum absolute atomic E-state index is 0.0851. The van der Waals surface area contributed by atoms with Gasteiger partial charge in [-0.15, -0.1) is 0 Å². The van der Waals surface area contributed by atoms with Crippen LogP contribution >= 0.6 is 47.2 Å². The largest absolute Gasteiger partial charge is 0.490 e. The Morgan fingerprint density at radius 3 is 2.70 bits per heavy atom. The van der Waals surface area contributed by atoms with E-state index in [1.165, 1.54) is 16.7 Å². The van der Waals surface area contributed by atoms with Crippen molar-refractivity contribution >= 4 is 69.2 Å². The third kappa shape index (κ3) is 4.49. The molecule has 1 aliphatic heterocycles. The van der Waals surface area contributed by atoms with Gasteiger partial charge in [0, 0.05) is 10.6 Å². The number of anilines is 1. The molecule has 2 aromatic rings. The van der Waals surface area contributed by atoms with E-state index in [9.17, 15) is 4.79 Å². The Balaban J connectivity index is 1.93. The van der Waals surface area contributed by atoms with Crippen LogP contribution in [0.25, 0.3) is 6.08 Å². The number of rotatable bonds is 5. The van der Waals surface area contributed by atoms with E-state index in [1.807, 2.05) is 31.2 Å². The van der Waals surface area contributed by atoms with Gasteiger partial charge < -0.3 is 4.74 Å². The molecule has 1 fully saturated rings. The molecule has 0 saturated carbocycles. The molecule has 3 nitrogen and oxygen atoms in total. The van der Waals surface area contributed by atoms with E-state index in [4.69, 9.17) is 40.2 Å². The van der Waals surface area contributed by atoms with Crippen molar-refractivity contribution < 1.29 is 9.53 Å². The number of nitrogens with zero attached hydrogens (tertiary/aromatic N) is 1. The SMILES string of the molecule is CC[C@H](C)Oc1ccccc1/C=C1\SC(=S)N(c2ccc(Cl)cc2Cl)C1=O. The number of benzene rings is 2. The number of thioether (sulfide) groups is 1. The highest BCUT2D eigenvalue weighted by molar-refractivity contribution is 8.27. The summed E-state index contributed by atoms with van der Waals surface area (Å²) >= 11 is 18.9. The lowest BCUT2D eigenvalue weighted by atomic mass is 10.1. The monoisotopic (exact) mass is 437 g/mol. The minimum atomic E-state index is -0.215. The van der Waals surface area contributed by atoms with Crippen molar-refractivity contribution in [3.05, 3.63) is 63.0 Å². The van der Waals surface area contributed by atoms with Crippen molar-refractivity contribution in [3.8, 4) is 5.75 Å². The fraction of sp³-hybridized carbons (Fsp3) is 0.200. The molecule has 0 radical (unpaired) electrons. The molecular weight excluding hydrogens is 421 g/mol. The van der Waals surface area contributed by atoms with Gasteiger partial charge in [0.25, 0.3) is 5.91 Å². The Bertz CT molecular complexity index is 930. The highest BCUT2D eigenvalue weighted by Gasteiger charge is 2.34. The molecule has 0 unspecified atom stereocenters. The maximum absolute atomic E-state index is 13.0. The van der Waals surface area contributed by atoms with Gasteiger partial charge in [-0.05, 0) is 43.7 Å². The third-order valence-corrected chi connectivity index (χ3v) is 5.89. The van der Waals surface area contributed by atoms with Crippen LogP contribution in [0.15, 0.2) is 47.4 Å². The van der Waals surface area contributed by atoms with Crippen LogP contribution in [0.4, 0.5) is 5.69 Å².